The molecular weight excluding hydrogens is 1260 g/mol. The van der Waals surface area contributed by atoms with E-state index in [-0.39, 0.29) is 106 Å². The van der Waals surface area contributed by atoms with Crippen molar-refractivity contribution in [1.29, 1.82) is 5.26 Å². The zero-order valence-electron chi connectivity index (χ0n) is 61.7. The van der Waals surface area contributed by atoms with Gasteiger partial charge < -0.3 is 63.2 Å². The number of benzene rings is 4. The Morgan fingerprint density at radius 1 is 0.704 bits per heavy atom. The van der Waals surface area contributed by atoms with E-state index in [9.17, 15) is 29.2 Å². The topological polar surface area (TPSA) is 232 Å². The summed E-state index contributed by atoms with van der Waals surface area (Å²) in [5, 5.41) is 18.8. The summed E-state index contributed by atoms with van der Waals surface area (Å²) in [4.78, 5) is 77.3. The highest BCUT2D eigenvalue weighted by molar-refractivity contribution is 7.44. The van der Waals surface area contributed by atoms with Crippen LogP contribution in [-0.4, -0.2) is 199 Å². The summed E-state index contributed by atoms with van der Waals surface area (Å²) in [6.45, 7) is 23.1. The van der Waals surface area contributed by atoms with Crippen molar-refractivity contribution in [1.82, 2.24) is 35.3 Å². The first-order valence-electron chi connectivity index (χ1n) is 34.9. The smallest absolute Gasteiger partial charge is 0.259 e. The summed E-state index contributed by atoms with van der Waals surface area (Å²) in [6, 6.07) is 34.1. The van der Waals surface area contributed by atoms with Crippen LogP contribution in [0.1, 0.15) is 137 Å². The fourth-order valence-electron chi connectivity index (χ4n) is 13.3. The Morgan fingerprint density at radius 2 is 1.29 bits per heavy atom. The number of methoxy groups -OCH3 is 4. The van der Waals surface area contributed by atoms with E-state index in [4.69, 9.17) is 37.5 Å². The van der Waals surface area contributed by atoms with E-state index in [2.05, 4.69) is 54.4 Å². The quantitative estimate of drug-likeness (QED) is 0.0212. The van der Waals surface area contributed by atoms with Crippen LogP contribution in [-0.2, 0) is 64.0 Å². The molecule has 98 heavy (non-hydrogen) atoms. The number of rotatable bonds is 43. The molecule has 4 aromatic carbocycles. The second-order valence-electron chi connectivity index (χ2n) is 27.0. The highest BCUT2D eigenvalue weighted by Gasteiger charge is 2.45. The lowest BCUT2D eigenvalue weighted by atomic mass is 9.80. The van der Waals surface area contributed by atoms with Crippen molar-refractivity contribution in [3.63, 3.8) is 0 Å². The molecule has 1 aliphatic heterocycles. The molecule has 4 aromatic rings. The van der Waals surface area contributed by atoms with Crippen LogP contribution in [0.15, 0.2) is 109 Å². The van der Waals surface area contributed by atoms with Gasteiger partial charge in [-0.3, -0.25) is 28.9 Å². The Morgan fingerprint density at radius 3 is 1.80 bits per heavy atom. The first-order chi connectivity index (χ1) is 46.8. The zero-order valence-corrected chi connectivity index (χ0v) is 62.6. The largest absolute Gasteiger partial charge is 0.497 e. The van der Waals surface area contributed by atoms with E-state index in [0.29, 0.717) is 43.7 Å². The van der Waals surface area contributed by atoms with Crippen LogP contribution in [0.2, 0.25) is 0 Å². The number of nitrogens with one attached hydrogen (secondary N) is 3. The van der Waals surface area contributed by atoms with Crippen LogP contribution in [0.3, 0.4) is 0 Å². The second-order valence-corrected chi connectivity index (χ2v) is 28.4. The Hall–Kier alpha value is -6.57. The maximum Gasteiger partial charge on any atom is 0.259 e. The minimum Gasteiger partial charge on any atom is -0.497 e. The van der Waals surface area contributed by atoms with Crippen LogP contribution in [0.5, 0.6) is 11.5 Å². The Balaban J connectivity index is 1.33. The number of nitrogens with zero attached hydrogens (tertiary/aromatic N) is 5. The zero-order chi connectivity index (χ0) is 72.2. The second kappa shape index (κ2) is 41.2. The van der Waals surface area contributed by atoms with Gasteiger partial charge in [0.2, 0.25) is 29.5 Å². The molecule has 1 fully saturated rings. The molecule has 21 nitrogen and oxygen atoms in total. The predicted octanol–water partition coefficient (Wildman–Crippen LogP) is 10.6. The number of likely N-dealkylation sites (tertiary alicyclic amines) is 1. The van der Waals surface area contributed by atoms with Crippen LogP contribution in [0.4, 0.5) is 0 Å². The lowest BCUT2D eigenvalue weighted by Gasteiger charge is -2.41. The van der Waals surface area contributed by atoms with Crippen molar-refractivity contribution in [2.45, 2.75) is 187 Å². The maximum absolute atomic E-state index is 14.7. The SMILES string of the molecule is CC[C@H](C)[C@@H]([C@@H](CC(=O)N1CCC[C@H]1[C@H](OC)[C@@H](C)C(=O)N[C@@H](Cc1ccccc1)C(=O)NCCCOCC(COC(c1ccccc1)(c1ccc(OC)cc1)c1ccc(OC)cc1)OP(OCCC#N)N(C(C)C)C(C)C)OC)N(C)C(=O)[C@@H](NC(=O)[C@H](C(C)C)N(C)C)C(C)C. The normalized spacial score (nSPS) is 16.6. The molecule has 2 unspecified atom stereocenters. The number of carbonyl (C=O) groups is 5. The molecule has 0 bridgehead atoms. The average Bonchev–Trinajstić information content (AvgIpc) is 0.877. The minimum atomic E-state index is -1.74. The molecule has 1 aliphatic rings. The molecule has 5 amide bonds. The van der Waals surface area contributed by atoms with Crippen molar-refractivity contribution < 1.29 is 61.4 Å². The summed E-state index contributed by atoms with van der Waals surface area (Å²) >= 11 is 0. The Labute approximate surface area is 586 Å². The molecule has 0 saturated carbocycles. The molecule has 0 radical (unpaired) electrons. The number of nitriles is 1. The lowest BCUT2D eigenvalue weighted by molar-refractivity contribution is -0.148. The maximum atomic E-state index is 14.7. The van der Waals surface area contributed by atoms with Crippen molar-refractivity contribution in [3.05, 3.63) is 131 Å². The highest BCUT2D eigenvalue weighted by Crippen LogP contribution is 2.48. The van der Waals surface area contributed by atoms with Crippen LogP contribution < -0.4 is 25.4 Å². The van der Waals surface area contributed by atoms with Crippen LogP contribution in [0, 0.1) is 35.0 Å². The van der Waals surface area contributed by atoms with Gasteiger partial charge in [-0.05, 0) is 125 Å². The molecule has 1 heterocycles. The number of amides is 5. The molecule has 11 atom stereocenters. The summed E-state index contributed by atoms with van der Waals surface area (Å²) in [6.07, 6.45) is 0.552. The number of carbonyl (C=O) groups excluding carboxylic acids is 5. The van der Waals surface area contributed by atoms with E-state index in [0.717, 1.165) is 22.3 Å². The number of hydrogen-bond donors (Lipinski definition) is 3. The van der Waals surface area contributed by atoms with E-state index in [1.165, 1.54) is 7.11 Å². The Bertz CT molecular complexity index is 3000. The molecule has 22 heteroatoms. The van der Waals surface area contributed by atoms with Gasteiger partial charge in [0.05, 0.1) is 89.2 Å². The summed E-state index contributed by atoms with van der Waals surface area (Å²) < 4.78 is 53.0. The van der Waals surface area contributed by atoms with E-state index < -0.39 is 74.5 Å². The summed E-state index contributed by atoms with van der Waals surface area (Å²) in [5.74, 6) is -1.21. The summed E-state index contributed by atoms with van der Waals surface area (Å²) in [7, 11) is 10.0. The molecule has 0 aromatic heterocycles. The van der Waals surface area contributed by atoms with Crippen molar-refractivity contribution in [2.24, 2.45) is 23.7 Å². The monoisotopic (exact) mass is 1380 g/mol. The van der Waals surface area contributed by atoms with Crippen molar-refractivity contribution >= 4 is 38.1 Å². The minimum absolute atomic E-state index is 0.00633. The van der Waals surface area contributed by atoms with Crippen LogP contribution >= 0.6 is 8.53 Å². The fraction of sp³-hybridized carbons (Fsp3) is 0.605. The summed E-state index contributed by atoms with van der Waals surface area (Å²) in [5.41, 5.74) is 2.22. The molecule has 542 valence electrons. The fourth-order valence-corrected chi connectivity index (χ4v) is 15.0. The van der Waals surface area contributed by atoms with Gasteiger partial charge in [0, 0.05) is 59.5 Å². The van der Waals surface area contributed by atoms with Gasteiger partial charge in [0.25, 0.3) is 8.53 Å². The van der Waals surface area contributed by atoms with Crippen LogP contribution in [0.25, 0.3) is 0 Å². The predicted molar refractivity (Wildman–Crippen MR) is 384 cm³/mol. The number of likely N-dealkylation sites (N-methyl/N-ethyl adjacent to an activating group) is 2. The third kappa shape index (κ3) is 22.7. The Kier molecular flexibility index (Phi) is 34.5. The van der Waals surface area contributed by atoms with E-state index in [1.54, 1.807) is 45.1 Å². The molecular formula is C76H115N8O13P. The molecule has 3 N–H and O–H groups in total. The van der Waals surface area contributed by atoms with Gasteiger partial charge in [0.15, 0.2) is 0 Å². The van der Waals surface area contributed by atoms with Gasteiger partial charge in [-0.25, -0.2) is 4.67 Å². The first kappa shape index (κ1) is 82.1. The van der Waals surface area contributed by atoms with E-state index >= 15 is 0 Å². The average molecular weight is 1380 g/mol. The standard InChI is InChI=1S/C76H115N8O13P/c1-19-55(10)70(82(14)75(89)68(51(2)3)80-74(88)69(52(4)5)81(12)13)66(92-17)48-67(85)83-44-26-33-65(83)71(93-18)56(11)72(86)79-64(47-57-29-22-20-23-30-57)73(87)78-43-28-45-94-49-63(97-98(96-46-27-42-77)84(53(6)7)54(8)9)50-95-76(58-31-24-21-25-32-58,59-34-38-61(90-15)39-35-59)60-36-40-62(91-16)41-37-60/h20-25,29-32,34-41,51-56,63-66,68-71H,19,26-28,33,43-50H2,1-18H3,(H,78,87)(H,79,86)(H,80,88)/t55-,56+,63?,64-,65-,66+,68-,69-,70-,71+,98?/m0/s1. The molecule has 1 saturated heterocycles. The van der Waals surface area contributed by atoms with Crippen molar-refractivity contribution in [2.75, 3.05) is 89.1 Å². The van der Waals surface area contributed by atoms with Gasteiger partial charge in [-0.2, -0.15) is 5.26 Å². The highest BCUT2D eigenvalue weighted by atomic mass is 31.2. The molecule has 0 aliphatic carbocycles. The van der Waals surface area contributed by atoms with Crippen molar-refractivity contribution in [3.8, 4) is 17.6 Å². The molecule has 5 rings (SSSR count). The first-order valence-corrected chi connectivity index (χ1v) is 36.0. The lowest BCUT2D eigenvalue weighted by Crippen LogP contribution is -2.59. The number of ether oxygens (including phenoxy) is 6. The third-order valence-electron chi connectivity index (χ3n) is 18.5. The van der Waals surface area contributed by atoms with Gasteiger partial charge >= 0.3 is 0 Å². The van der Waals surface area contributed by atoms with Gasteiger partial charge in [0.1, 0.15) is 35.3 Å². The van der Waals surface area contributed by atoms with Gasteiger partial charge in [-0.15, -0.1) is 0 Å². The third-order valence-corrected chi connectivity index (χ3v) is 20.7. The van der Waals surface area contributed by atoms with E-state index in [1.807, 2.05) is 170 Å². The van der Waals surface area contributed by atoms with Gasteiger partial charge in [-0.1, -0.05) is 140 Å². The molecule has 0 spiro atoms. The number of hydrogen-bond acceptors (Lipinski definition) is 16.